The van der Waals surface area contributed by atoms with Gasteiger partial charge in [-0.3, -0.25) is 4.79 Å². The number of Topliss-reactive ketones (excluding diaryl/α,β-unsaturated/α-hetero) is 1. The van der Waals surface area contributed by atoms with Crippen molar-refractivity contribution in [3.05, 3.63) is 29.8 Å². The third kappa shape index (κ3) is 2.20. The molecule has 0 amide bonds. The van der Waals surface area contributed by atoms with E-state index < -0.39 is 0 Å². The fourth-order valence-electron chi connectivity index (χ4n) is 1.36. The van der Waals surface area contributed by atoms with Gasteiger partial charge in [0.25, 0.3) is 5.95 Å². The van der Waals surface area contributed by atoms with E-state index in [4.69, 9.17) is 0 Å². The van der Waals surface area contributed by atoms with Crippen molar-refractivity contribution in [2.75, 3.05) is 0 Å². The molecule has 0 radical (unpaired) electrons. The molecule has 0 N–H and O–H groups in total. The maximum absolute atomic E-state index is 11.9. The second-order valence-electron chi connectivity index (χ2n) is 3.99. The number of nitrogens with zero attached hydrogens (tertiary/aromatic N) is 5. The van der Waals surface area contributed by atoms with Gasteiger partial charge in [0.15, 0.2) is 11.5 Å². The number of hydrogen-bond donors (Lipinski definition) is 0. The van der Waals surface area contributed by atoms with Crippen LogP contribution in [0.3, 0.4) is 0 Å². The minimum atomic E-state index is -0.101. The number of aryl methyl sites for hydroxylation is 1. The molecule has 0 unspecified atom stereocenters. The van der Waals surface area contributed by atoms with E-state index in [0.717, 1.165) is 0 Å². The van der Waals surface area contributed by atoms with Crippen LogP contribution in [0, 0.1) is 12.8 Å². The van der Waals surface area contributed by atoms with E-state index in [1.54, 1.807) is 25.4 Å². The Bertz CT molecular complexity index is 532. The summed E-state index contributed by atoms with van der Waals surface area (Å²) < 4.78 is 0. The summed E-state index contributed by atoms with van der Waals surface area (Å²) in [7, 11) is 0. The second kappa shape index (κ2) is 4.40. The average molecular weight is 231 g/mol. The van der Waals surface area contributed by atoms with Crippen molar-refractivity contribution in [3.8, 4) is 5.95 Å². The molecule has 0 aliphatic rings. The van der Waals surface area contributed by atoms with Crippen LogP contribution >= 0.6 is 0 Å². The first-order chi connectivity index (χ1) is 8.09. The third-order valence-corrected chi connectivity index (χ3v) is 2.27. The van der Waals surface area contributed by atoms with Gasteiger partial charge in [-0.1, -0.05) is 13.8 Å². The first-order valence-corrected chi connectivity index (χ1v) is 5.35. The molecule has 0 fully saturated rings. The van der Waals surface area contributed by atoms with E-state index in [-0.39, 0.29) is 11.7 Å². The van der Waals surface area contributed by atoms with Gasteiger partial charge >= 0.3 is 0 Å². The van der Waals surface area contributed by atoms with Crippen molar-refractivity contribution >= 4 is 5.78 Å². The Kier molecular flexibility index (Phi) is 2.95. The van der Waals surface area contributed by atoms with E-state index >= 15 is 0 Å². The summed E-state index contributed by atoms with van der Waals surface area (Å²) >= 11 is 0. The summed E-state index contributed by atoms with van der Waals surface area (Å²) in [5.74, 6) is 0.235. The standard InChI is InChI=1S/C11H13N5O/c1-7(2)10(17)9-8(3)14-16(15-9)11-12-5-4-6-13-11/h4-7H,1-3H3. The molecule has 0 spiro atoms. The highest BCUT2D eigenvalue weighted by atomic mass is 16.1. The highest BCUT2D eigenvalue weighted by Crippen LogP contribution is 2.10. The van der Waals surface area contributed by atoms with Crippen LogP contribution in [0.2, 0.25) is 0 Å². The van der Waals surface area contributed by atoms with E-state index in [1.807, 2.05) is 13.8 Å². The monoisotopic (exact) mass is 231 g/mol. The van der Waals surface area contributed by atoms with Crippen LogP contribution in [0.1, 0.15) is 30.0 Å². The summed E-state index contributed by atoms with van der Waals surface area (Å²) in [6.07, 6.45) is 3.20. The number of rotatable bonds is 3. The largest absolute Gasteiger partial charge is 0.292 e. The van der Waals surface area contributed by atoms with E-state index in [1.165, 1.54) is 4.80 Å². The maximum atomic E-state index is 11.9. The zero-order valence-corrected chi connectivity index (χ0v) is 9.95. The van der Waals surface area contributed by atoms with Crippen LogP contribution in [0.5, 0.6) is 0 Å². The van der Waals surface area contributed by atoms with Gasteiger partial charge in [-0.25, -0.2) is 9.97 Å². The molecule has 0 aliphatic heterocycles. The Labute approximate surface area is 98.7 Å². The molecule has 17 heavy (non-hydrogen) atoms. The van der Waals surface area contributed by atoms with Crippen LogP contribution in [0.4, 0.5) is 0 Å². The fourth-order valence-corrected chi connectivity index (χ4v) is 1.36. The van der Waals surface area contributed by atoms with Crippen molar-refractivity contribution in [1.82, 2.24) is 25.0 Å². The first-order valence-electron chi connectivity index (χ1n) is 5.35. The topological polar surface area (TPSA) is 73.6 Å². The van der Waals surface area contributed by atoms with Gasteiger partial charge in [0, 0.05) is 18.3 Å². The van der Waals surface area contributed by atoms with Crippen LogP contribution in [0.15, 0.2) is 18.5 Å². The van der Waals surface area contributed by atoms with Gasteiger partial charge < -0.3 is 0 Å². The van der Waals surface area contributed by atoms with Gasteiger partial charge in [0.1, 0.15) is 0 Å². The highest BCUT2D eigenvalue weighted by molar-refractivity contribution is 5.96. The molecular formula is C11H13N5O. The van der Waals surface area contributed by atoms with E-state index in [2.05, 4.69) is 20.2 Å². The Balaban J connectivity index is 2.41. The quantitative estimate of drug-likeness (QED) is 0.742. The normalized spacial score (nSPS) is 10.8. The minimum absolute atomic E-state index is 0.0234. The van der Waals surface area contributed by atoms with Crippen molar-refractivity contribution in [2.45, 2.75) is 20.8 Å². The molecule has 6 heteroatoms. The summed E-state index contributed by atoms with van der Waals surface area (Å²) in [5, 5.41) is 8.28. The van der Waals surface area contributed by atoms with Gasteiger partial charge in [0.05, 0.1) is 5.69 Å². The summed E-state index contributed by atoms with van der Waals surface area (Å²) in [6, 6.07) is 1.71. The molecular weight excluding hydrogens is 218 g/mol. The Hall–Kier alpha value is -2.11. The lowest BCUT2D eigenvalue weighted by Crippen LogP contribution is -2.10. The molecule has 0 saturated heterocycles. The molecule has 88 valence electrons. The smallest absolute Gasteiger partial charge is 0.268 e. The van der Waals surface area contributed by atoms with Crippen LogP contribution < -0.4 is 0 Å². The molecule has 6 nitrogen and oxygen atoms in total. The van der Waals surface area contributed by atoms with Crippen LogP contribution in [0.25, 0.3) is 5.95 Å². The fraction of sp³-hybridized carbons (Fsp3) is 0.364. The number of ketones is 1. The van der Waals surface area contributed by atoms with E-state index in [9.17, 15) is 4.79 Å². The van der Waals surface area contributed by atoms with Crippen molar-refractivity contribution in [3.63, 3.8) is 0 Å². The SMILES string of the molecule is Cc1nn(-c2ncccn2)nc1C(=O)C(C)C. The molecule has 2 aromatic heterocycles. The predicted octanol–water partition coefficient (Wildman–Crippen LogP) is 1.20. The summed E-state index contributed by atoms with van der Waals surface area (Å²) in [5.41, 5.74) is 0.976. The molecule has 0 bridgehead atoms. The number of carbonyl (C=O) groups is 1. The van der Waals surface area contributed by atoms with Crippen LogP contribution in [-0.4, -0.2) is 30.7 Å². The van der Waals surface area contributed by atoms with Gasteiger partial charge in [0.2, 0.25) is 0 Å². The Morgan fingerprint density at radius 2 is 1.88 bits per heavy atom. The predicted molar refractivity (Wildman–Crippen MR) is 60.9 cm³/mol. The lowest BCUT2D eigenvalue weighted by molar-refractivity contribution is 0.0933. The van der Waals surface area contributed by atoms with Crippen molar-refractivity contribution in [2.24, 2.45) is 5.92 Å². The molecule has 0 aliphatic carbocycles. The van der Waals surface area contributed by atoms with Crippen LogP contribution in [-0.2, 0) is 0 Å². The molecule has 0 aromatic carbocycles. The molecule has 2 rings (SSSR count). The lowest BCUT2D eigenvalue weighted by Gasteiger charge is -1.99. The molecule has 2 aromatic rings. The molecule has 0 saturated carbocycles. The van der Waals surface area contributed by atoms with Gasteiger partial charge in [-0.15, -0.1) is 15.0 Å². The van der Waals surface area contributed by atoms with Crippen molar-refractivity contribution < 1.29 is 4.79 Å². The molecule has 0 atom stereocenters. The first kappa shape index (κ1) is 11.4. The second-order valence-corrected chi connectivity index (χ2v) is 3.99. The van der Waals surface area contributed by atoms with Gasteiger partial charge in [-0.2, -0.15) is 0 Å². The minimum Gasteiger partial charge on any atom is -0.292 e. The number of aromatic nitrogens is 5. The zero-order valence-electron chi connectivity index (χ0n) is 9.95. The maximum Gasteiger partial charge on any atom is 0.268 e. The third-order valence-electron chi connectivity index (χ3n) is 2.27. The highest BCUT2D eigenvalue weighted by Gasteiger charge is 2.19. The van der Waals surface area contributed by atoms with Gasteiger partial charge in [-0.05, 0) is 13.0 Å². The van der Waals surface area contributed by atoms with E-state index in [0.29, 0.717) is 17.3 Å². The summed E-state index contributed by atoms with van der Waals surface area (Å²) in [4.78, 5) is 21.2. The number of carbonyl (C=O) groups excluding carboxylic acids is 1. The Morgan fingerprint density at radius 1 is 1.24 bits per heavy atom. The van der Waals surface area contributed by atoms with Crippen molar-refractivity contribution in [1.29, 1.82) is 0 Å². The average Bonchev–Trinajstić information content (AvgIpc) is 2.71. The lowest BCUT2D eigenvalue weighted by atomic mass is 10.1. The number of hydrogen-bond acceptors (Lipinski definition) is 5. The molecule has 2 heterocycles. The Morgan fingerprint density at radius 3 is 2.47 bits per heavy atom. The zero-order chi connectivity index (χ0) is 12.4. The summed E-state index contributed by atoms with van der Waals surface area (Å²) in [6.45, 7) is 5.42.